The summed E-state index contributed by atoms with van der Waals surface area (Å²) in [6, 6.07) is 15.3. The average molecular weight is 504 g/mol. The number of hydrogen-bond acceptors (Lipinski definition) is 5. The second-order valence-corrected chi connectivity index (χ2v) is 10.2. The van der Waals surface area contributed by atoms with E-state index in [1.54, 1.807) is 31.2 Å². The van der Waals surface area contributed by atoms with Crippen molar-refractivity contribution in [2.24, 2.45) is 0 Å². The van der Waals surface area contributed by atoms with E-state index in [0.29, 0.717) is 25.3 Å². The highest BCUT2D eigenvalue weighted by atomic mass is 32.2. The quantitative estimate of drug-likeness (QED) is 0.398. The van der Waals surface area contributed by atoms with E-state index in [1.165, 1.54) is 4.90 Å². The first-order valence-electron chi connectivity index (χ1n) is 12.0. The van der Waals surface area contributed by atoms with Crippen molar-refractivity contribution in [2.45, 2.75) is 52.6 Å². The minimum atomic E-state index is -3.83. The molecule has 1 unspecified atom stereocenters. The first-order chi connectivity index (χ1) is 16.7. The van der Waals surface area contributed by atoms with Gasteiger partial charge in [0.05, 0.1) is 18.6 Å². The molecule has 1 atom stereocenters. The van der Waals surface area contributed by atoms with Crippen LogP contribution in [-0.4, -0.2) is 57.1 Å². The van der Waals surface area contributed by atoms with Crippen molar-refractivity contribution >= 4 is 27.5 Å². The fraction of sp³-hybridized carbons (Fsp3) is 0.462. The summed E-state index contributed by atoms with van der Waals surface area (Å²) < 4.78 is 32.2. The largest absolute Gasteiger partial charge is 0.492 e. The van der Waals surface area contributed by atoms with Crippen LogP contribution in [0.1, 0.15) is 45.6 Å². The molecule has 2 rings (SSSR count). The molecule has 9 heteroatoms. The smallest absolute Gasteiger partial charge is 0.244 e. The number of nitrogens with one attached hydrogen (secondary N) is 1. The number of carbonyl (C=O) groups is 2. The number of benzene rings is 2. The Morgan fingerprint density at radius 2 is 1.66 bits per heavy atom. The molecule has 35 heavy (non-hydrogen) atoms. The van der Waals surface area contributed by atoms with Crippen LogP contribution in [0.5, 0.6) is 5.75 Å². The molecule has 0 aromatic heterocycles. The van der Waals surface area contributed by atoms with Crippen LogP contribution in [0.3, 0.4) is 0 Å². The third-order valence-corrected chi connectivity index (χ3v) is 6.65. The second kappa shape index (κ2) is 13.7. The van der Waals surface area contributed by atoms with Crippen LogP contribution in [0.2, 0.25) is 0 Å². The van der Waals surface area contributed by atoms with E-state index in [1.807, 2.05) is 44.2 Å². The predicted octanol–water partition coefficient (Wildman–Crippen LogP) is 3.58. The van der Waals surface area contributed by atoms with Gasteiger partial charge in [0.25, 0.3) is 0 Å². The summed E-state index contributed by atoms with van der Waals surface area (Å²) >= 11 is 0. The van der Waals surface area contributed by atoms with Crippen LogP contribution in [0.4, 0.5) is 5.69 Å². The third kappa shape index (κ3) is 8.28. The van der Waals surface area contributed by atoms with Gasteiger partial charge in [-0.1, -0.05) is 62.7 Å². The van der Waals surface area contributed by atoms with Gasteiger partial charge < -0.3 is 15.0 Å². The normalized spacial score (nSPS) is 12.0. The van der Waals surface area contributed by atoms with Gasteiger partial charge in [-0.25, -0.2) is 8.42 Å². The highest BCUT2D eigenvalue weighted by Gasteiger charge is 2.32. The predicted molar refractivity (Wildman–Crippen MR) is 139 cm³/mol. The van der Waals surface area contributed by atoms with Crippen molar-refractivity contribution in [1.29, 1.82) is 0 Å². The molecule has 0 aliphatic heterocycles. The molecule has 1 N–H and O–H groups in total. The summed E-state index contributed by atoms with van der Waals surface area (Å²) in [7, 11) is -3.83. The Bertz CT molecular complexity index is 1060. The zero-order chi connectivity index (χ0) is 25.8. The molecule has 0 fully saturated rings. The Morgan fingerprint density at radius 1 is 1.00 bits per heavy atom. The van der Waals surface area contributed by atoms with Crippen molar-refractivity contribution in [3.05, 3.63) is 60.2 Å². The first kappa shape index (κ1) is 28.2. The maximum atomic E-state index is 13.7. The Labute approximate surface area is 209 Å². The molecule has 0 heterocycles. The molecule has 0 radical (unpaired) electrons. The number of hydrogen-bond donors (Lipinski definition) is 1. The number of amides is 2. The van der Waals surface area contributed by atoms with E-state index in [9.17, 15) is 18.0 Å². The number of nitrogens with zero attached hydrogens (tertiary/aromatic N) is 2. The van der Waals surface area contributed by atoms with Crippen LogP contribution in [-0.2, 0) is 26.2 Å². The molecule has 0 saturated carbocycles. The van der Waals surface area contributed by atoms with E-state index in [2.05, 4.69) is 5.32 Å². The molecule has 192 valence electrons. The van der Waals surface area contributed by atoms with Gasteiger partial charge in [-0.2, -0.15) is 0 Å². The number of carbonyl (C=O) groups excluding carboxylic acids is 2. The zero-order valence-electron chi connectivity index (χ0n) is 21.1. The molecule has 0 aliphatic carbocycles. The van der Waals surface area contributed by atoms with Crippen LogP contribution < -0.4 is 14.4 Å². The average Bonchev–Trinajstić information content (AvgIpc) is 2.83. The molecule has 0 spiro atoms. The minimum absolute atomic E-state index is 0.185. The van der Waals surface area contributed by atoms with Crippen molar-refractivity contribution < 1.29 is 22.7 Å². The van der Waals surface area contributed by atoms with Gasteiger partial charge in [0, 0.05) is 13.1 Å². The molecule has 0 bridgehead atoms. The first-order valence-corrected chi connectivity index (χ1v) is 13.9. The monoisotopic (exact) mass is 503 g/mol. The van der Waals surface area contributed by atoms with Crippen molar-refractivity contribution in [2.75, 3.05) is 30.3 Å². The summed E-state index contributed by atoms with van der Waals surface area (Å²) in [5.41, 5.74) is 1.13. The molecule has 2 aromatic rings. The lowest BCUT2D eigenvalue weighted by atomic mass is 10.1. The maximum absolute atomic E-state index is 13.7. The molecule has 8 nitrogen and oxygen atoms in total. The number of anilines is 1. The van der Waals surface area contributed by atoms with Crippen molar-refractivity contribution in [3.8, 4) is 5.75 Å². The van der Waals surface area contributed by atoms with E-state index in [-0.39, 0.29) is 18.1 Å². The summed E-state index contributed by atoms with van der Waals surface area (Å²) in [6.07, 6.45) is 3.22. The van der Waals surface area contributed by atoms with Crippen LogP contribution in [0.15, 0.2) is 54.6 Å². The van der Waals surface area contributed by atoms with Crippen LogP contribution in [0.25, 0.3) is 0 Å². The molecule has 2 amide bonds. The zero-order valence-corrected chi connectivity index (χ0v) is 21.9. The SMILES string of the molecule is CCCCNC(=O)C(CC)N(Cc1ccccc1)C(=O)CN(c1ccccc1OCC)S(C)(=O)=O. The lowest BCUT2D eigenvalue weighted by Gasteiger charge is -2.33. The van der Waals surface area contributed by atoms with E-state index >= 15 is 0 Å². The van der Waals surface area contributed by atoms with Gasteiger partial charge in [-0.05, 0) is 37.5 Å². The topological polar surface area (TPSA) is 96.0 Å². The van der Waals surface area contributed by atoms with E-state index in [0.717, 1.165) is 29.0 Å². The van der Waals surface area contributed by atoms with Crippen LogP contribution in [0, 0.1) is 0 Å². The van der Waals surface area contributed by atoms with Gasteiger partial charge in [0.15, 0.2) is 0 Å². The third-order valence-electron chi connectivity index (χ3n) is 5.52. The van der Waals surface area contributed by atoms with E-state index < -0.39 is 28.5 Å². The summed E-state index contributed by atoms with van der Waals surface area (Å²) in [4.78, 5) is 28.2. The molecule has 0 aliphatic rings. The summed E-state index contributed by atoms with van der Waals surface area (Å²) in [5, 5.41) is 2.91. The van der Waals surface area contributed by atoms with Crippen LogP contribution >= 0.6 is 0 Å². The lowest BCUT2D eigenvalue weighted by Crippen LogP contribution is -2.52. The number of ether oxygens (including phenoxy) is 1. The van der Waals surface area contributed by atoms with Gasteiger partial charge in [-0.15, -0.1) is 0 Å². The number of unbranched alkanes of at least 4 members (excludes halogenated alkanes) is 1. The molecular formula is C26H37N3O5S. The van der Waals surface area contributed by atoms with E-state index in [4.69, 9.17) is 4.74 Å². The lowest BCUT2D eigenvalue weighted by molar-refractivity contribution is -0.140. The van der Waals surface area contributed by atoms with Crippen molar-refractivity contribution in [1.82, 2.24) is 10.2 Å². The van der Waals surface area contributed by atoms with Gasteiger partial charge >= 0.3 is 0 Å². The second-order valence-electron chi connectivity index (χ2n) is 8.25. The van der Waals surface area contributed by atoms with Gasteiger partial charge in [-0.3, -0.25) is 13.9 Å². The van der Waals surface area contributed by atoms with Gasteiger partial charge in [0.1, 0.15) is 18.3 Å². The summed E-state index contributed by atoms with van der Waals surface area (Å²) in [6.45, 7) is 6.29. The Morgan fingerprint density at radius 3 is 2.26 bits per heavy atom. The maximum Gasteiger partial charge on any atom is 0.244 e. The minimum Gasteiger partial charge on any atom is -0.492 e. The molecule has 0 saturated heterocycles. The molecular weight excluding hydrogens is 466 g/mol. The Hall–Kier alpha value is -3.07. The molecule has 2 aromatic carbocycles. The fourth-order valence-electron chi connectivity index (χ4n) is 3.74. The number of sulfonamides is 1. The number of rotatable bonds is 14. The summed E-state index contributed by atoms with van der Waals surface area (Å²) in [5.74, 6) is -0.346. The highest BCUT2D eigenvalue weighted by molar-refractivity contribution is 7.92. The van der Waals surface area contributed by atoms with Gasteiger partial charge in [0.2, 0.25) is 21.8 Å². The Balaban J connectivity index is 2.42. The number of para-hydroxylation sites is 2. The van der Waals surface area contributed by atoms with Crippen molar-refractivity contribution in [3.63, 3.8) is 0 Å². The Kier molecular flexibility index (Phi) is 11.0. The highest BCUT2D eigenvalue weighted by Crippen LogP contribution is 2.30. The standard InChI is InChI=1S/C26H37N3O5S/c1-5-8-18-27-26(31)22(6-2)28(19-21-14-10-9-11-15-21)25(30)20-29(35(4,32)33)23-16-12-13-17-24(23)34-7-3/h9-17,22H,5-8,18-20H2,1-4H3,(H,27,31). The fourth-order valence-corrected chi connectivity index (χ4v) is 4.59.